The average Bonchev–Trinajstić information content (AvgIpc) is 2.38. The SMILES string of the molecule is CCC1CNC(CC(C)C)CN1c1ccc(F)cc1F. The third-order valence-corrected chi connectivity index (χ3v) is 3.95. The fraction of sp³-hybridized carbons (Fsp3) is 0.625. The van der Waals surface area contributed by atoms with Crippen molar-refractivity contribution >= 4 is 5.69 Å². The van der Waals surface area contributed by atoms with Crippen LogP contribution in [0, 0.1) is 17.6 Å². The van der Waals surface area contributed by atoms with Gasteiger partial charge in [-0.15, -0.1) is 0 Å². The first-order valence-electron chi connectivity index (χ1n) is 7.46. The van der Waals surface area contributed by atoms with E-state index in [9.17, 15) is 8.78 Å². The number of nitrogens with one attached hydrogen (secondary N) is 1. The lowest BCUT2D eigenvalue weighted by Crippen LogP contribution is -2.57. The van der Waals surface area contributed by atoms with Gasteiger partial charge in [0.15, 0.2) is 0 Å². The van der Waals surface area contributed by atoms with Crippen molar-refractivity contribution in [2.75, 3.05) is 18.0 Å². The highest BCUT2D eigenvalue weighted by atomic mass is 19.1. The van der Waals surface area contributed by atoms with E-state index in [0.29, 0.717) is 17.6 Å². The monoisotopic (exact) mass is 282 g/mol. The first-order chi connectivity index (χ1) is 9.51. The van der Waals surface area contributed by atoms with Crippen LogP contribution in [0.2, 0.25) is 0 Å². The molecule has 0 radical (unpaired) electrons. The van der Waals surface area contributed by atoms with Crippen molar-refractivity contribution in [3.8, 4) is 0 Å². The molecule has 1 N–H and O–H groups in total. The zero-order valence-electron chi connectivity index (χ0n) is 12.5. The molecule has 1 aliphatic heterocycles. The van der Waals surface area contributed by atoms with Gasteiger partial charge in [-0.05, 0) is 30.9 Å². The Labute approximate surface area is 120 Å². The Morgan fingerprint density at radius 1 is 1.35 bits per heavy atom. The van der Waals surface area contributed by atoms with Crippen LogP contribution in [0.5, 0.6) is 0 Å². The molecule has 4 heteroatoms. The Hall–Kier alpha value is -1.16. The second-order valence-electron chi connectivity index (χ2n) is 6.04. The molecule has 2 rings (SSSR count). The van der Waals surface area contributed by atoms with Crippen LogP contribution in [0.4, 0.5) is 14.5 Å². The van der Waals surface area contributed by atoms with Crippen molar-refractivity contribution < 1.29 is 8.78 Å². The Morgan fingerprint density at radius 2 is 2.10 bits per heavy atom. The van der Waals surface area contributed by atoms with E-state index in [1.165, 1.54) is 6.07 Å². The van der Waals surface area contributed by atoms with Gasteiger partial charge in [-0.1, -0.05) is 20.8 Å². The number of halogens is 2. The predicted molar refractivity (Wildman–Crippen MR) is 79.0 cm³/mol. The van der Waals surface area contributed by atoms with E-state index >= 15 is 0 Å². The van der Waals surface area contributed by atoms with Crippen LogP contribution in [0.25, 0.3) is 0 Å². The maximum atomic E-state index is 14.0. The normalized spacial score (nSPS) is 23.4. The molecule has 1 saturated heterocycles. The van der Waals surface area contributed by atoms with Crippen molar-refractivity contribution in [3.63, 3.8) is 0 Å². The van der Waals surface area contributed by atoms with E-state index in [1.54, 1.807) is 6.07 Å². The third kappa shape index (κ3) is 3.48. The fourth-order valence-electron chi connectivity index (χ4n) is 2.96. The third-order valence-electron chi connectivity index (χ3n) is 3.95. The molecule has 0 amide bonds. The van der Waals surface area contributed by atoms with Crippen LogP contribution < -0.4 is 10.2 Å². The molecule has 112 valence electrons. The van der Waals surface area contributed by atoms with Gasteiger partial charge in [-0.2, -0.15) is 0 Å². The van der Waals surface area contributed by atoms with Gasteiger partial charge in [-0.25, -0.2) is 8.78 Å². The van der Waals surface area contributed by atoms with Crippen molar-refractivity contribution in [1.82, 2.24) is 5.32 Å². The summed E-state index contributed by atoms with van der Waals surface area (Å²) >= 11 is 0. The Balaban J connectivity index is 2.20. The summed E-state index contributed by atoms with van der Waals surface area (Å²) in [6.07, 6.45) is 2.01. The van der Waals surface area contributed by atoms with Crippen molar-refractivity contribution in [3.05, 3.63) is 29.8 Å². The van der Waals surface area contributed by atoms with Crippen LogP contribution in [0.1, 0.15) is 33.6 Å². The molecule has 1 aromatic carbocycles. The number of hydrogen-bond donors (Lipinski definition) is 1. The molecule has 2 nitrogen and oxygen atoms in total. The fourth-order valence-corrected chi connectivity index (χ4v) is 2.96. The number of anilines is 1. The van der Waals surface area contributed by atoms with Crippen molar-refractivity contribution in [2.45, 2.75) is 45.7 Å². The van der Waals surface area contributed by atoms with Crippen LogP contribution in [-0.4, -0.2) is 25.2 Å². The van der Waals surface area contributed by atoms with E-state index < -0.39 is 11.6 Å². The molecular weight excluding hydrogens is 258 g/mol. The molecule has 1 aliphatic rings. The molecule has 1 fully saturated rings. The van der Waals surface area contributed by atoms with Gasteiger partial charge < -0.3 is 10.2 Å². The highest BCUT2D eigenvalue weighted by molar-refractivity contribution is 5.49. The number of benzene rings is 1. The smallest absolute Gasteiger partial charge is 0.149 e. The van der Waals surface area contributed by atoms with Gasteiger partial charge >= 0.3 is 0 Å². The topological polar surface area (TPSA) is 15.3 Å². The van der Waals surface area contributed by atoms with Gasteiger partial charge in [-0.3, -0.25) is 0 Å². The zero-order valence-corrected chi connectivity index (χ0v) is 12.5. The standard InChI is InChI=1S/C16H24F2N2/c1-4-14-9-19-13(7-11(2)3)10-20(14)16-6-5-12(17)8-15(16)18/h5-6,8,11,13-14,19H,4,7,9-10H2,1-3H3. The molecule has 2 atom stereocenters. The second-order valence-corrected chi connectivity index (χ2v) is 6.04. The average molecular weight is 282 g/mol. The Kier molecular flexibility index (Phi) is 4.97. The highest BCUT2D eigenvalue weighted by Crippen LogP contribution is 2.26. The molecule has 20 heavy (non-hydrogen) atoms. The largest absolute Gasteiger partial charge is 0.363 e. The predicted octanol–water partition coefficient (Wildman–Crippen LogP) is 3.57. The number of nitrogens with zero attached hydrogens (tertiary/aromatic N) is 1. The molecule has 0 saturated carbocycles. The van der Waals surface area contributed by atoms with Gasteiger partial charge in [0.25, 0.3) is 0 Å². The maximum absolute atomic E-state index is 14.0. The minimum Gasteiger partial charge on any atom is -0.363 e. The molecule has 0 spiro atoms. The first kappa shape index (κ1) is 15.2. The van der Waals surface area contributed by atoms with Crippen LogP contribution in [0.15, 0.2) is 18.2 Å². The van der Waals surface area contributed by atoms with E-state index in [-0.39, 0.29) is 6.04 Å². The maximum Gasteiger partial charge on any atom is 0.149 e. The number of rotatable bonds is 4. The summed E-state index contributed by atoms with van der Waals surface area (Å²) in [4.78, 5) is 2.10. The lowest BCUT2D eigenvalue weighted by molar-refractivity contribution is 0.341. The molecule has 1 aromatic rings. The first-order valence-corrected chi connectivity index (χ1v) is 7.46. The summed E-state index contributed by atoms with van der Waals surface area (Å²) in [6, 6.07) is 4.50. The summed E-state index contributed by atoms with van der Waals surface area (Å²) in [5.74, 6) is -0.382. The quantitative estimate of drug-likeness (QED) is 0.908. The molecule has 1 heterocycles. The van der Waals surface area contributed by atoms with E-state index in [2.05, 4.69) is 31.0 Å². The molecule has 0 aromatic heterocycles. The van der Waals surface area contributed by atoms with Crippen LogP contribution in [0.3, 0.4) is 0 Å². The molecule has 0 aliphatic carbocycles. The summed E-state index contributed by atoms with van der Waals surface area (Å²) in [6.45, 7) is 8.11. The molecular formula is C16H24F2N2. The van der Waals surface area contributed by atoms with Gasteiger partial charge in [0.2, 0.25) is 0 Å². The Bertz CT molecular complexity index is 448. The summed E-state index contributed by atoms with van der Waals surface area (Å²) in [5, 5.41) is 3.54. The second kappa shape index (κ2) is 6.53. The van der Waals surface area contributed by atoms with Crippen LogP contribution >= 0.6 is 0 Å². The van der Waals surface area contributed by atoms with Crippen molar-refractivity contribution in [2.24, 2.45) is 5.92 Å². The van der Waals surface area contributed by atoms with Gasteiger partial charge in [0, 0.05) is 31.2 Å². The van der Waals surface area contributed by atoms with E-state index in [1.807, 2.05) is 0 Å². The zero-order chi connectivity index (χ0) is 14.7. The summed E-state index contributed by atoms with van der Waals surface area (Å²) in [7, 11) is 0. The van der Waals surface area contributed by atoms with Crippen LogP contribution in [-0.2, 0) is 0 Å². The lowest BCUT2D eigenvalue weighted by atomic mass is 9.98. The lowest BCUT2D eigenvalue weighted by Gasteiger charge is -2.42. The van der Waals surface area contributed by atoms with E-state index in [4.69, 9.17) is 0 Å². The number of hydrogen-bond acceptors (Lipinski definition) is 2. The molecule has 2 unspecified atom stereocenters. The molecule has 0 bridgehead atoms. The summed E-state index contributed by atoms with van der Waals surface area (Å²) in [5.41, 5.74) is 0.522. The van der Waals surface area contributed by atoms with Gasteiger partial charge in [0.1, 0.15) is 11.6 Å². The minimum atomic E-state index is -0.520. The summed E-state index contributed by atoms with van der Waals surface area (Å²) < 4.78 is 27.1. The highest BCUT2D eigenvalue weighted by Gasteiger charge is 2.28. The number of piperazine rings is 1. The van der Waals surface area contributed by atoms with Gasteiger partial charge in [0.05, 0.1) is 5.69 Å². The Morgan fingerprint density at radius 3 is 2.70 bits per heavy atom. The van der Waals surface area contributed by atoms with E-state index in [0.717, 1.165) is 32.0 Å². The van der Waals surface area contributed by atoms with Crippen molar-refractivity contribution in [1.29, 1.82) is 0 Å². The minimum absolute atomic E-state index is 0.262.